The summed E-state index contributed by atoms with van der Waals surface area (Å²) in [5, 5.41) is 14.1. The summed E-state index contributed by atoms with van der Waals surface area (Å²) in [4.78, 5) is 2.06. The third kappa shape index (κ3) is 2.68. The largest absolute Gasteiger partial charge is 0.387 e. The second kappa shape index (κ2) is 5.35. The molecule has 2 heterocycles. The van der Waals surface area contributed by atoms with E-state index in [1.54, 1.807) is 11.3 Å². The molecule has 2 rings (SSSR count). The van der Waals surface area contributed by atoms with Gasteiger partial charge in [0, 0.05) is 11.3 Å². The zero-order valence-corrected chi connectivity index (χ0v) is 11.9. The average Bonchev–Trinajstić information content (AvgIpc) is 2.86. The summed E-state index contributed by atoms with van der Waals surface area (Å²) >= 11 is 6.35. The van der Waals surface area contributed by atoms with Gasteiger partial charge in [-0.1, -0.05) is 11.4 Å². The van der Waals surface area contributed by atoms with Gasteiger partial charge in [-0.15, -0.1) is 16.4 Å². The second-order valence-corrected chi connectivity index (χ2v) is 6.70. The van der Waals surface area contributed by atoms with E-state index >= 15 is 0 Å². The van der Waals surface area contributed by atoms with Crippen LogP contribution < -0.4 is 0 Å². The minimum Gasteiger partial charge on any atom is -0.387 e. The van der Waals surface area contributed by atoms with Gasteiger partial charge in [0.05, 0.1) is 20.5 Å². The Kier molecular flexibility index (Phi) is 4.07. The number of aliphatic hydroxyl groups excluding tert-OH is 1. The SMILES string of the molecule is CCc1nnsc1C(O)Cc1ccc(Br)s1. The highest BCUT2D eigenvalue weighted by molar-refractivity contribution is 9.11. The molecule has 0 radical (unpaired) electrons. The lowest BCUT2D eigenvalue weighted by molar-refractivity contribution is 0.182. The van der Waals surface area contributed by atoms with Crippen molar-refractivity contribution in [3.63, 3.8) is 0 Å². The van der Waals surface area contributed by atoms with Crippen LogP contribution in [0.4, 0.5) is 0 Å². The summed E-state index contributed by atoms with van der Waals surface area (Å²) in [7, 11) is 0. The maximum absolute atomic E-state index is 10.1. The Bertz CT molecular complexity index is 469. The van der Waals surface area contributed by atoms with Gasteiger partial charge < -0.3 is 5.11 Å². The number of hydrogen-bond donors (Lipinski definition) is 1. The van der Waals surface area contributed by atoms with Gasteiger partial charge in [-0.25, -0.2) is 0 Å². The molecular weight excluding hydrogens is 308 g/mol. The van der Waals surface area contributed by atoms with Gasteiger partial charge >= 0.3 is 0 Å². The fourth-order valence-corrected chi connectivity index (χ4v) is 3.70. The van der Waals surface area contributed by atoms with Gasteiger partial charge in [0.15, 0.2) is 0 Å². The zero-order valence-electron chi connectivity index (χ0n) is 8.68. The molecule has 0 aliphatic rings. The molecule has 1 unspecified atom stereocenters. The predicted octanol–water partition coefficient (Wildman–Crippen LogP) is 3.20. The fourth-order valence-electron chi connectivity index (χ4n) is 1.46. The quantitative estimate of drug-likeness (QED) is 0.941. The smallest absolute Gasteiger partial charge is 0.0965 e. The maximum Gasteiger partial charge on any atom is 0.0965 e. The van der Waals surface area contributed by atoms with Gasteiger partial charge in [-0.05, 0) is 46.0 Å². The first kappa shape index (κ1) is 12.2. The lowest BCUT2D eigenvalue weighted by Gasteiger charge is -2.07. The van der Waals surface area contributed by atoms with Crippen LogP contribution in [0.25, 0.3) is 0 Å². The highest BCUT2D eigenvalue weighted by atomic mass is 79.9. The number of nitrogens with zero attached hydrogens (tertiary/aromatic N) is 2. The molecule has 0 saturated heterocycles. The number of thiophene rings is 1. The Morgan fingerprint density at radius 2 is 2.31 bits per heavy atom. The molecule has 0 aliphatic carbocycles. The first-order valence-corrected chi connectivity index (χ1v) is 7.32. The number of aromatic nitrogens is 2. The van der Waals surface area contributed by atoms with Crippen molar-refractivity contribution in [2.75, 3.05) is 0 Å². The van der Waals surface area contributed by atoms with Crippen molar-refractivity contribution in [1.82, 2.24) is 9.59 Å². The van der Waals surface area contributed by atoms with Gasteiger partial charge in [0.1, 0.15) is 0 Å². The Balaban J connectivity index is 2.11. The van der Waals surface area contributed by atoms with Crippen molar-refractivity contribution in [3.05, 3.63) is 31.4 Å². The molecule has 6 heteroatoms. The van der Waals surface area contributed by atoms with Crippen LogP contribution in [0.3, 0.4) is 0 Å². The number of aryl methyl sites for hydroxylation is 1. The number of halogens is 1. The average molecular weight is 319 g/mol. The molecule has 0 aliphatic heterocycles. The van der Waals surface area contributed by atoms with Gasteiger partial charge in [0.25, 0.3) is 0 Å². The monoisotopic (exact) mass is 318 g/mol. The van der Waals surface area contributed by atoms with Crippen LogP contribution in [0, 0.1) is 0 Å². The van der Waals surface area contributed by atoms with Crippen LogP contribution in [0.5, 0.6) is 0 Å². The summed E-state index contributed by atoms with van der Waals surface area (Å²) in [6, 6.07) is 4.02. The lowest BCUT2D eigenvalue weighted by atomic mass is 10.1. The normalized spacial score (nSPS) is 12.9. The van der Waals surface area contributed by atoms with Crippen molar-refractivity contribution < 1.29 is 5.11 Å². The van der Waals surface area contributed by atoms with Crippen LogP contribution in [0.1, 0.15) is 28.5 Å². The van der Waals surface area contributed by atoms with Crippen molar-refractivity contribution in [1.29, 1.82) is 0 Å². The van der Waals surface area contributed by atoms with E-state index in [1.807, 2.05) is 19.1 Å². The van der Waals surface area contributed by atoms with Crippen molar-refractivity contribution >= 4 is 38.8 Å². The molecule has 3 nitrogen and oxygen atoms in total. The van der Waals surface area contributed by atoms with Crippen LogP contribution >= 0.6 is 38.8 Å². The van der Waals surface area contributed by atoms with Crippen molar-refractivity contribution in [3.8, 4) is 0 Å². The van der Waals surface area contributed by atoms with E-state index in [9.17, 15) is 5.11 Å². The third-order valence-electron chi connectivity index (χ3n) is 2.25. The third-order valence-corrected chi connectivity index (χ3v) is 4.76. The van der Waals surface area contributed by atoms with E-state index in [2.05, 4.69) is 25.5 Å². The summed E-state index contributed by atoms with van der Waals surface area (Å²) in [5.41, 5.74) is 0.910. The van der Waals surface area contributed by atoms with E-state index in [1.165, 1.54) is 11.5 Å². The van der Waals surface area contributed by atoms with Crippen LogP contribution in [-0.2, 0) is 12.8 Å². The Labute approximate surface area is 110 Å². The van der Waals surface area contributed by atoms with Crippen LogP contribution in [-0.4, -0.2) is 14.7 Å². The first-order valence-electron chi connectivity index (χ1n) is 4.94. The topological polar surface area (TPSA) is 46.0 Å². The molecule has 0 amide bonds. The van der Waals surface area contributed by atoms with Crippen molar-refractivity contribution in [2.24, 2.45) is 0 Å². The maximum atomic E-state index is 10.1. The molecule has 1 N–H and O–H groups in total. The van der Waals surface area contributed by atoms with Crippen LogP contribution in [0.15, 0.2) is 15.9 Å². The van der Waals surface area contributed by atoms with Gasteiger partial charge in [-0.3, -0.25) is 0 Å². The minimum absolute atomic E-state index is 0.486. The fraction of sp³-hybridized carbons (Fsp3) is 0.400. The summed E-state index contributed by atoms with van der Waals surface area (Å²) < 4.78 is 4.98. The Hall–Kier alpha value is -0.300. The molecule has 1 atom stereocenters. The molecule has 0 aromatic carbocycles. The predicted molar refractivity (Wildman–Crippen MR) is 70.0 cm³/mol. The van der Waals surface area contributed by atoms with E-state index in [0.29, 0.717) is 6.42 Å². The Morgan fingerprint density at radius 3 is 2.94 bits per heavy atom. The van der Waals surface area contributed by atoms with E-state index in [0.717, 1.165) is 25.7 Å². The van der Waals surface area contributed by atoms with Crippen LogP contribution in [0.2, 0.25) is 0 Å². The van der Waals surface area contributed by atoms with E-state index in [-0.39, 0.29) is 0 Å². The summed E-state index contributed by atoms with van der Waals surface area (Å²) in [6.45, 7) is 2.02. The molecule has 0 bridgehead atoms. The standard InChI is InChI=1S/C10H11BrN2OS2/c1-2-7-10(16-13-12-7)8(14)5-6-3-4-9(11)15-6/h3-4,8,14H,2,5H2,1H3. The van der Waals surface area contributed by atoms with E-state index in [4.69, 9.17) is 0 Å². The molecule has 0 spiro atoms. The molecule has 86 valence electrons. The highest BCUT2D eigenvalue weighted by Gasteiger charge is 2.17. The molecule has 0 saturated carbocycles. The molecule has 2 aromatic rings. The molecule has 0 fully saturated rings. The highest BCUT2D eigenvalue weighted by Crippen LogP contribution is 2.29. The second-order valence-electron chi connectivity index (χ2n) is 3.36. The van der Waals surface area contributed by atoms with E-state index < -0.39 is 6.10 Å². The number of rotatable bonds is 4. The number of aliphatic hydroxyl groups is 1. The minimum atomic E-state index is -0.486. The number of hydrogen-bond acceptors (Lipinski definition) is 5. The Morgan fingerprint density at radius 1 is 1.50 bits per heavy atom. The molecule has 16 heavy (non-hydrogen) atoms. The lowest BCUT2D eigenvalue weighted by Crippen LogP contribution is -2.01. The van der Waals surface area contributed by atoms with Crippen molar-refractivity contribution in [2.45, 2.75) is 25.9 Å². The summed E-state index contributed by atoms with van der Waals surface area (Å²) in [6.07, 6.45) is 0.963. The van der Waals surface area contributed by atoms with Gasteiger partial charge in [-0.2, -0.15) is 0 Å². The summed E-state index contributed by atoms with van der Waals surface area (Å²) in [5.74, 6) is 0. The van der Waals surface area contributed by atoms with Gasteiger partial charge in [0.2, 0.25) is 0 Å². The first-order chi connectivity index (χ1) is 7.70. The zero-order chi connectivity index (χ0) is 11.5. The molecular formula is C10H11BrN2OS2. The molecule has 2 aromatic heterocycles.